The van der Waals surface area contributed by atoms with E-state index in [-0.39, 0.29) is 24.5 Å². The first-order valence-electron chi connectivity index (χ1n) is 6.81. The average molecular weight is 300 g/mol. The first-order valence-corrected chi connectivity index (χ1v) is 6.81. The molecule has 0 bridgehead atoms. The minimum absolute atomic E-state index is 0.0518. The van der Waals surface area contributed by atoms with Crippen molar-refractivity contribution in [2.45, 2.75) is 59.5 Å². The van der Waals surface area contributed by atoms with Crippen molar-refractivity contribution < 1.29 is 24.3 Å². The molecule has 0 aromatic heterocycles. The van der Waals surface area contributed by atoms with Crippen molar-refractivity contribution in [3.63, 3.8) is 0 Å². The number of amides is 2. The molecule has 0 unspecified atom stereocenters. The van der Waals surface area contributed by atoms with E-state index in [2.05, 4.69) is 10.6 Å². The van der Waals surface area contributed by atoms with E-state index in [1.165, 1.54) is 6.92 Å². The Kier molecular flexibility index (Phi) is 7.05. The molecule has 0 saturated heterocycles. The SMILES string of the molecule is C[C@H](NC(=O)CCC(=O)[C@H](C)NC(=O)C(C)(C)C)C(=O)O. The Morgan fingerprint density at radius 3 is 1.90 bits per heavy atom. The summed E-state index contributed by atoms with van der Waals surface area (Å²) < 4.78 is 0. The molecule has 0 aliphatic rings. The molecule has 2 amide bonds. The van der Waals surface area contributed by atoms with Gasteiger partial charge in [0.1, 0.15) is 6.04 Å². The molecular formula is C14H24N2O5. The fraction of sp³-hybridized carbons (Fsp3) is 0.714. The van der Waals surface area contributed by atoms with Crippen LogP contribution in [0.3, 0.4) is 0 Å². The van der Waals surface area contributed by atoms with Gasteiger partial charge in [0.05, 0.1) is 6.04 Å². The Bertz CT molecular complexity index is 426. The van der Waals surface area contributed by atoms with E-state index in [1.54, 1.807) is 27.7 Å². The van der Waals surface area contributed by atoms with Gasteiger partial charge in [0, 0.05) is 18.3 Å². The third kappa shape index (κ3) is 7.43. The Morgan fingerprint density at radius 2 is 1.48 bits per heavy atom. The number of hydrogen-bond acceptors (Lipinski definition) is 4. The molecule has 0 radical (unpaired) electrons. The van der Waals surface area contributed by atoms with Gasteiger partial charge in [-0.3, -0.25) is 19.2 Å². The van der Waals surface area contributed by atoms with Crippen molar-refractivity contribution in [2.75, 3.05) is 0 Å². The molecule has 0 rings (SSSR count). The molecule has 0 aromatic carbocycles. The lowest BCUT2D eigenvalue weighted by atomic mass is 9.95. The van der Waals surface area contributed by atoms with Crippen LogP contribution in [0, 0.1) is 5.41 Å². The van der Waals surface area contributed by atoms with Gasteiger partial charge < -0.3 is 15.7 Å². The molecule has 0 saturated carbocycles. The number of nitrogens with one attached hydrogen (secondary N) is 2. The molecule has 0 aliphatic carbocycles. The number of carboxylic acid groups (broad SMARTS) is 1. The lowest BCUT2D eigenvalue weighted by molar-refractivity contribution is -0.141. The Hall–Kier alpha value is -1.92. The quantitative estimate of drug-likeness (QED) is 0.633. The summed E-state index contributed by atoms with van der Waals surface area (Å²) in [5, 5.41) is 13.5. The normalized spacial score (nSPS) is 14.0. The average Bonchev–Trinajstić information content (AvgIpc) is 2.34. The molecule has 7 nitrogen and oxygen atoms in total. The maximum absolute atomic E-state index is 11.8. The molecule has 2 atom stereocenters. The van der Waals surface area contributed by atoms with Crippen molar-refractivity contribution in [1.29, 1.82) is 0 Å². The minimum Gasteiger partial charge on any atom is -0.480 e. The standard InChI is InChI=1S/C14H24N2O5/c1-8(16-13(21)14(3,4)5)10(17)6-7-11(18)15-9(2)12(19)20/h8-9H,6-7H2,1-5H3,(H,15,18)(H,16,21)(H,19,20)/t8-,9-/m0/s1. The minimum atomic E-state index is -1.14. The highest BCUT2D eigenvalue weighted by atomic mass is 16.4. The van der Waals surface area contributed by atoms with Crippen LogP contribution in [0.25, 0.3) is 0 Å². The fourth-order valence-electron chi connectivity index (χ4n) is 1.32. The number of aliphatic carboxylic acids is 1. The summed E-state index contributed by atoms with van der Waals surface area (Å²) in [6.45, 7) is 8.11. The summed E-state index contributed by atoms with van der Waals surface area (Å²) in [7, 11) is 0. The fourth-order valence-corrected chi connectivity index (χ4v) is 1.32. The molecular weight excluding hydrogens is 276 g/mol. The van der Waals surface area contributed by atoms with Crippen molar-refractivity contribution in [1.82, 2.24) is 10.6 Å². The van der Waals surface area contributed by atoms with Crippen molar-refractivity contribution in [3.8, 4) is 0 Å². The second-order valence-electron chi connectivity index (χ2n) is 6.04. The zero-order valence-electron chi connectivity index (χ0n) is 13.1. The lowest BCUT2D eigenvalue weighted by Crippen LogP contribution is -2.44. The predicted octanol–water partition coefficient (Wildman–Crippen LogP) is 0.476. The van der Waals surface area contributed by atoms with Crippen LogP contribution in [0.1, 0.15) is 47.5 Å². The number of ketones is 1. The molecule has 7 heteroatoms. The van der Waals surface area contributed by atoms with Crippen LogP contribution in [0.5, 0.6) is 0 Å². The highest BCUT2D eigenvalue weighted by Gasteiger charge is 2.25. The zero-order valence-corrected chi connectivity index (χ0v) is 13.1. The van der Waals surface area contributed by atoms with Gasteiger partial charge in [-0.2, -0.15) is 0 Å². The van der Waals surface area contributed by atoms with Gasteiger partial charge in [-0.15, -0.1) is 0 Å². The third-order valence-electron chi connectivity index (χ3n) is 2.86. The van der Waals surface area contributed by atoms with Gasteiger partial charge >= 0.3 is 5.97 Å². The van der Waals surface area contributed by atoms with Crippen LogP contribution in [0.4, 0.5) is 0 Å². The van der Waals surface area contributed by atoms with Crippen molar-refractivity contribution in [2.24, 2.45) is 5.41 Å². The van der Waals surface area contributed by atoms with Gasteiger partial charge in [-0.05, 0) is 13.8 Å². The molecule has 0 fully saturated rings. The highest BCUT2D eigenvalue weighted by molar-refractivity contribution is 5.92. The van der Waals surface area contributed by atoms with Crippen LogP contribution in [0.2, 0.25) is 0 Å². The smallest absolute Gasteiger partial charge is 0.325 e. The maximum atomic E-state index is 11.8. The number of carboxylic acids is 1. The van der Waals surface area contributed by atoms with Gasteiger partial charge in [0.25, 0.3) is 0 Å². The predicted molar refractivity (Wildman–Crippen MR) is 76.5 cm³/mol. The summed E-state index contributed by atoms with van der Waals surface area (Å²) in [6.07, 6.45) is -0.157. The van der Waals surface area contributed by atoms with E-state index in [0.29, 0.717) is 0 Å². The monoisotopic (exact) mass is 300 g/mol. The first-order chi connectivity index (χ1) is 9.45. The summed E-state index contributed by atoms with van der Waals surface area (Å²) in [5.41, 5.74) is -0.594. The van der Waals surface area contributed by atoms with E-state index >= 15 is 0 Å². The molecule has 0 spiro atoms. The second kappa shape index (κ2) is 7.75. The molecule has 0 aromatic rings. The molecule has 0 aliphatic heterocycles. The van der Waals surface area contributed by atoms with Crippen LogP contribution >= 0.6 is 0 Å². The topological polar surface area (TPSA) is 113 Å². The van der Waals surface area contributed by atoms with Crippen LogP contribution < -0.4 is 10.6 Å². The number of hydrogen-bond donors (Lipinski definition) is 3. The van der Waals surface area contributed by atoms with E-state index in [4.69, 9.17) is 5.11 Å². The second-order valence-corrected chi connectivity index (χ2v) is 6.04. The van der Waals surface area contributed by atoms with Crippen molar-refractivity contribution in [3.05, 3.63) is 0 Å². The number of Topliss-reactive ketones (excluding diaryl/α,β-unsaturated/α-hetero) is 1. The number of carbonyl (C=O) groups is 4. The largest absolute Gasteiger partial charge is 0.480 e. The van der Waals surface area contributed by atoms with E-state index in [9.17, 15) is 19.2 Å². The molecule has 120 valence electrons. The van der Waals surface area contributed by atoms with Crippen LogP contribution in [-0.2, 0) is 19.2 Å². The lowest BCUT2D eigenvalue weighted by Gasteiger charge is -2.21. The van der Waals surface area contributed by atoms with Gasteiger partial charge in [0.2, 0.25) is 11.8 Å². The summed E-state index contributed by atoms with van der Waals surface area (Å²) in [5.74, 6) is -2.16. The number of carbonyl (C=O) groups excluding carboxylic acids is 3. The Morgan fingerprint density at radius 1 is 0.952 bits per heavy atom. The van der Waals surface area contributed by atoms with E-state index in [0.717, 1.165) is 0 Å². The molecule has 21 heavy (non-hydrogen) atoms. The van der Waals surface area contributed by atoms with Crippen molar-refractivity contribution >= 4 is 23.6 Å². The molecule has 3 N–H and O–H groups in total. The summed E-state index contributed by atoms with van der Waals surface area (Å²) >= 11 is 0. The van der Waals surface area contributed by atoms with Gasteiger partial charge in [0.15, 0.2) is 5.78 Å². The first kappa shape index (κ1) is 19.1. The Labute approximate surface area is 124 Å². The summed E-state index contributed by atoms with van der Waals surface area (Å²) in [6, 6.07) is -1.67. The van der Waals surface area contributed by atoms with E-state index < -0.39 is 29.4 Å². The van der Waals surface area contributed by atoms with E-state index in [1.807, 2.05) is 0 Å². The Balaban J connectivity index is 4.23. The maximum Gasteiger partial charge on any atom is 0.325 e. The number of rotatable bonds is 7. The zero-order chi connectivity index (χ0) is 16.8. The van der Waals surface area contributed by atoms with Crippen LogP contribution in [-0.4, -0.2) is 40.8 Å². The van der Waals surface area contributed by atoms with Gasteiger partial charge in [-0.25, -0.2) is 0 Å². The summed E-state index contributed by atoms with van der Waals surface area (Å²) in [4.78, 5) is 45.6. The highest BCUT2D eigenvalue weighted by Crippen LogP contribution is 2.13. The molecule has 0 heterocycles. The third-order valence-corrected chi connectivity index (χ3v) is 2.86. The van der Waals surface area contributed by atoms with Gasteiger partial charge in [-0.1, -0.05) is 20.8 Å². The van der Waals surface area contributed by atoms with Crippen LogP contribution in [0.15, 0.2) is 0 Å².